The van der Waals surface area contributed by atoms with Crippen LogP contribution in [-0.2, 0) is 0 Å². The quantitative estimate of drug-likeness (QED) is 0.761. The Bertz CT molecular complexity index is 706. The molecule has 0 fully saturated rings. The molecule has 0 saturated heterocycles. The first kappa shape index (κ1) is 12.2. The third-order valence-electron chi connectivity index (χ3n) is 3.00. The van der Waals surface area contributed by atoms with E-state index in [0.29, 0.717) is 5.56 Å². The summed E-state index contributed by atoms with van der Waals surface area (Å²) in [5.41, 5.74) is 3.17. The zero-order valence-electron chi connectivity index (χ0n) is 10.7. The highest BCUT2D eigenvalue weighted by atomic mass is 16.1. The molecule has 0 atom stereocenters. The van der Waals surface area contributed by atoms with Gasteiger partial charge in [-0.3, -0.25) is 9.89 Å². The largest absolute Gasteiger partial charge is 0.321 e. The van der Waals surface area contributed by atoms with Crippen LogP contribution in [0.3, 0.4) is 0 Å². The van der Waals surface area contributed by atoms with E-state index in [9.17, 15) is 4.79 Å². The normalized spacial score (nSPS) is 10.2. The van der Waals surface area contributed by atoms with Crippen LogP contribution in [0.2, 0.25) is 0 Å². The fourth-order valence-electron chi connectivity index (χ4n) is 2.02. The molecular weight excluding hydrogens is 250 g/mol. The zero-order valence-corrected chi connectivity index (χ0v) is 10.7. The van der Waals surface area contributed by atoms with Gasteiger partial charge in [0.05, 0.1) is 11.4 Å². The minimum atomic E-state index is -0.127. The van der Waals surface area contributed by atoms with Crippen molar-refractivity contribution in [1.82, 2.24) is 10.2 Å². The van der Waals surface area contributed by atoms with Crippen molar-refractivity contribution < 1.29 is 4.79 Å². The second-order valence-corrected chi connectivity index (χ2v) is 4.34. The molecule has 1 amide bonds. The predicted octanol–water partition coefficient (Wildman–Crippen LogP) is 3.33. The predicted molar refractivity (Wildman–Crippen MR) is 78.4 cm³/mol. The molecule has 4 nitrogen and oxygen atoms in total. The Labute approximate surface area is 116 Å². The van der Waals surface area contributed by atoms with Crippen LogP contribution in [0.4, 0.5) is 5.69 Å². The van der Waals surface area contributed by atoms with Crippen molar-refractivity contribution in [3.8, 4) is 11.3 Å². The van der Waals surface area contributed by atoms with Crippen LogP contribution in [0.15, 0.2) is 66.9 Å². The van der Waals surface area contributed by atoms with Gasteiger partial charge < -0.3 is 5.32 Å². The summed E-state index contributed by atoms with van der Waals surface area (Å²) < 4.78 is 0. The summed E-state index contributed by atoms with van der Waals surface area (Å²) in [7, 11) is 0. The molecule has 1 aromatic heterocycles. The topological polar surface area (TPSA) is 57.8 Å². The maximum Gasteiger partial charge on any atom is 0.255 e. The Morgan fingerprint density at radius 1 is 0.950 bits per heavy atom. The number of nitrogens with one attached hydrogen (secondary N) is 2. The van der Waals surface area contributed by atoms with Gasteiger partial charge in [-0.2, -0.15) is 5.10 Å². The van der Waals surface area contributed by atoms with Gasteiger partial charge in [-0.1, -0.05) is 36.4 Å². The molecule has 3 rings (SSSR count). The lowest BCUT2D eigenvalue weighted by Gasteiger charge is -2.09. The first-order chi connectivity index (χ1) is 9.84. The molecule has 0 aliphatic heterocycles. The van der Waals surface area contributed by atoms with Crippen LogP contribution in [0, 0.1) is 0 Å². The minimum absolute atomic E-state index is 0.127. The van der Waals surface area contributed by atoms with E-state index < -0.39 is 0 Å². The number of carbonyl (C=O) groups excluding carboxylic acids is 1. The van der Waals surface area contributed by atoms with Crippen LogP contribution in [0.5, 0.6) is 0 Å². The molecule has 1 heterocycles. The molecule has 0 saturated carbocycles. The lowest BCUT2D eigenvalue weighted by molar-refractivity contribution is 0.102. The number of aromatic amines is 1. The van der Waals surface area contributed by atoms with Gasteiger partial charge in [-0.05, 0) is 24.3 Å². The Balaban J connectivity index is 1.90. The molecular formula is C16H13N3O. The van der Waals surface area contributed by atoms with E-state index in [1.807, 2.05) is 48.5 Å². The first-order valence-electron chi connectivity index (χ1n) is 6.30. The number of hydrogen-bond donors (Lipinski definition) is 2. The summed E-state index contributed by atoms with van der Waals surface area (Å²) >= 11 is 0. The molecule has 2 aromatic carbocycles. The summed E-state index contributed by atoms with van der Waals surface area (Å²) in [5, 5.41) is 9.77. The van der Waals surface area contributed by atoms with Crippen LogP contribution in [0.1, 0.15) is 10.4 Å². The number of carbonyl (C=O) groups is 1. The van der Waals surface area contributed by atoms with Gasteiger partial charge in [0.2, 0.25) is 0 Å². The summed E-state index contributed by atoms with van der Waals surface area (Å²) in [5.74, 6) is -0.127. The molecule has 0 unspecified atom stereocenters. The van der Waals surface area contributed by atoms with Gasteiger partial charge in [0, 0.05) is 17.3 Å². The number of anilines is 1. The van der Waals surface area contributed by atoms with Crippen LogP contribution in [0.25, 0.3) is 11.3 Å². The Morgan fingerprint density at radius 3 is 2.45 bits per heavy atom. The average molecular weight is 263 g/mol. The molecule has 4 heteroatoms. The molecule has 20 heavy (non-hydrogen) atoms. The number of benzene rings is 2. The number of amides is 1. The molecule has 2 N–H and O–H groups in total. The molecule has 98 valence electrons. The van der Waals surface area contributed by atoms with E-state index in [4.69, 9.17) is 0 Å². The van der Waals surface area contributed by atoms with Crippen molar-refractivity contribution >= 4 is 11.6 Å². The van der Waals surface area contributed by atoms with E-state index in [0.717, 1.165) is 16.9 Å². The third kappa shape index (κ3) is 2.44. The van der Waals surface area contributed by atoms with Gasteiger partial charge in [0.1, 0.15) is 0 Å². The Kier molecular flexibility index (Phi) is 3.29. The van der Waals surface area contributed by atoms with Crippen LogP contribution < -0.4 is 5.32 Å². The van der Waals surface area contributed by atoms with E-state index >= 15 is 0 Å². The first-order valence-corrected chi connectivity index (χ1v) is 6.30. The SMILES string of the molecule is O=C(Nc1ccccc1-c1ccn[nH]1)c1ccccc1. The molecule has 0 aliphatic rings. The Hall–Kier alpha value is -2.88. The number of rotatable bonds is 3. The van der Waals surface area contributed by atoms with Gasteiger partial charge in [-0.25, -0.2) is 0 Å². The molecule has 0 spiro atoms. The van der Waals surface area contributed by atoms with Crippen LogP contribution in [-0.4, -0.2) is 16.1 Å². The summed E-state index contributed by atoms with van der Waals surface area (Å²) in [6.07, 6.45) is 1.69. The number of hydrogen-bond acceptors (Lipinski definition) is 2. The van der Waals surface area contributed by atoms with Crippen molar-refractivity contribution in [2.45, 2.75) is 0 Å². The van der Waals surface area contributed by atoms with Gasteiger partial charge >= 0.3 is 0 Å². The van der Waals surface area contributed by atoms with Crippen molar-refractivity contribution in [3.63, 3.8) is 0 Å². The van der Waals surface area contributed by atoms with Gasteiger partial charge in [0.15, 0.2) is 0 Å². The molecule has 3 aromatic rings. The number of para-hydroxylation sites is 1. The lowest BCUT2D eigenvalue weighted by atomic mass is 10.1. The zero-order chi connectivity index (χ0) is 13.8. The maximum atomic E-state index is 12.2. The fourth-order valence-corrected chi connectivity index (χ4v) is 2.02. The summed E-state index contributed by atoms with van der Waals surface area (Å²) in [6.45, 7) is 0. The fraction of sp³-hybridized carbons (Fsp3) is 0. The smallest absolute Gasteiger partial charge is 0.255 e. The van der Waals surface area contributed by atoms with Gasteiger partial charge in [0.25, 0.3) is 5.91 Å². The monoisotopic (exact) mass is 263 g/mol. The highest BCUT2D eigenvalue weighted by Gasteiger charge is 2.10. The van der Waals surface area contributed by atoms with Crippen molar-refractivity contribution in [2.75, 3.05) is 5.32 Å². The lowest BCUT2D eigenvalue weighted by Crippen LogP contribution is -2.12. The van der Waals surface area contributed by atoms with E-state index in [2.05, 4.69) is 15.5 Å². The van der Waals surface area contributed by atoms with Crippen molar-refractivity contribution in [3.05, 3.63) is 72.4 Å². The molecule has 0 bridgehead atoms. The Morgan fingerprint density at radius 2 is 1.70 bits per heavy atom. The third-order valence-corrected chi connectivity index (χ3v) is 3.00. The highest BCUT2D eigenvalue weighted by molar-refractivity contribution is 6.06. The van der Waals surface area contributed by atoms with Crippen molar-refractivity contribution in [1.29, 1.82) is 0 Å². The second kappa shape index (κ2) is 5.40. The maximum absolute atomic E-state index is 12.2. The minimum Gasteiger partial charge on any atom is -0.321 e. The van der Waals surface area contributed by atoms with Crippen LogP contribution >= 0.6 is 0 Å². The summed E-state index contributed by atoms with van der Waals surface area (Å²) in [4.78, 5) is 12.2. The summed E-state index contributed by atoms with van der Waals surface area (Å²) in [6, 6.07) is 18.6. The standard InChI is InChI=1S/C16H13N3O/c20-16(12-6-2-1-3-7-12)18-14-9-5-4-8-13(14)15-10-11-17-19-15/h1-11H,(H,17,19)(H,18,20). The van der Waals surface area contributed by atoms with Crippen molar-refractivity contribution in [2.24, 2.45) is 0 Å². The second-order valence-electron chi connectivity index (χ2n) is 4.34. The van der Waals surface area contributed by atoms with Gasteiger partial charge in [-0.15, -0.1) is 0 Å². The van der Waals surface area contributed by atoms with E-state index in [1.165, 1.54) is 0 Å². The number of nitrogens with zero attached hydrogens (tertiary/aromatic N) is 1. The number of H-pyrrole nitrogens is 1. The molecule has 0 radical (unpaired) electrons. The van der Waals surface area contributed by atoms with E-state index in [-0.39, 0.29) is 5.91 Å². The average Bonchev–Trinajstić information content (AvgIpc) is 3.03. The molecule has 0 aliphatic carbocycles. The van der Waals surface area contributed by atoms with E-state index in [1.54, 1.807) is 18.3 Å². The highest BCUT2D eigenvalue weighted by Crippen LogP contribution is 2.26. The number of aromatic nitrogens is 2.